The molecule has 0 amide bonds. The van der Waals surface area contributed by atoms with Crippen molar-refractivity contribution < 1.29 is 68.7 Å². The first-order chi connectivity index (χ1) is 18.6. The minimum absolute atomic E-state index is 0.0709. The Kier molecular flexibility index (Phi) is 10.6. The summed E-state index contributed by atoms with van der Waals surface area (Å²) in [5, 5.41) is 58.8. The molecule has 1 aromatic carbocycles. The van der Waals surface area contributed by atoms with E-state index >= 15 is 0 Å². The zero-order valence-corrected chi connectivity index (χ0v) is 21.0. The Morgan fingerprint density at radius 1 is 1.05 bits per heavy atom. The summed E-state index contributed by atoms with van der Waals surface area (Å²) in [5.41, 5.74) is 0.518. The Hall–Kier alpha value is -3.27. The second-order valence-electron chi connectivity index (χ2n) is 9.07. The number of benzene rings is 1. The van der Waals surface area contributed by atoms with E-state index in [0.29, 0.717) is 11.8 Å². The molecular weight excluding hydrogens is 524 g/mol. The van der Waals surface area contributed by atoms with Gasteiger partial charge in [0.2, 0.25) is 6.29 Å². The van der Waals surface area contributed by atoms with E-state index in [1.807, 2.05) is 0 Å². The van der Waals surface area contributed by atoms with Crippen molar-refractivity contribution in [3.63, 3.8) is 0 Å². The van der Waals surface area contributed by atoms with Gasteiger partial charge in [-0.3, -0.25) is 4.79 Å². The van der Waals surface area contributed by atoms with E-state index in [0.717, 1.165) is 13.4 Å². The number of hydrogen-bond donors (Lipinski definition) is 6. The number of phenols is 2. The third kappa shape index (κ3) is 7.23. The molecule has 6 N–H and O–H groups in total. The molecule has 3 rings (SSSR count). The number of esters is 2. The molecule has 0 aliphatic carbocycles. The lowest BCUT2D eigenvalue weighted by atomic mass is 9.80. The van der Waals surface area contributed by atoms with Gasteiger partial charge in [-0.05, 0) is 17.7 Å². The van der Waals surface area contributed by atoms with Crippen LogP contribution in [0.3, 0.4) is 0 Å². The number of aromatic hydroxyl groups is 2. The zero-order valence-electron chi connectivity index (χ0n) is 21.0. The maximum absolute atomic E-state index is 12.7. The number of aldehydes is 1. The normalized spacial score (nSPS) is 30.5. The maximum atomic E-state index is 12.7. The first kappa shape index (κ1) is 30.3. The van der Waals surface area contributed by atoms with Gasteiger partial charge in [0.25, 0.3) is 0 Å². The van der Waals surface area contributed by atoms with E-state index in [-0.39, 0.29) is 36.5 Å². The first-order valence-electron chi connectivity index (χ1n) is 12.1. The molecule has 2 aliphatic rings. The third-order valence-corrected chi connectivity index (χ3v) is 6.58. The molecule has 14 heteroatoms. The van der Waals surface area contributed by atoms with Gasteiger partial charge in [0.05, 0.1) is 38.6 Å². The molecule has 2 heterocycles. The molecule has 39 heavy (non-hydrogen) atoms. The van der Waals surface area contributed by atoms with Crippen LogP contribution in [0.1, 0.15) is 18.4 Å². The van der Waals surface area contributed by atoms with Gasteiger partial charge in [0, 0.05) is 24.7 Å². The van der Waals surface area contributed by atoms with Crippen LogP contribution in [0, 0.1) is 11.8 Å². The topological polar surface area (TPSA) is 219 Å². The van der Waals surface area contributed by atoms with Crippen molar-refractivity contribution in [1.82, 2.24) is 0 Å². The smallest absolute Gasteiger partial charge is 0.337 e. The number of aliphatic hydroxyl groups excluding tert-OH is 4. The molecule has 2 aliphatic heterocycles. The van der Waals surface area contributed by atoms with Gasteiger partial charge in [-0.1, -0.05) is 6.07 Å². The van der Waals surface area contributed by atoms with Gasteiger partial charge < -0.3 is 59.1 Å². The Balaban J connectivity index is 1.73. The van der Waals surface area contributed by atoms with E-state index in [9.17, 15) is 45.0 Å². The van der Waals surface area contributed by atoms with Crippen LogP contribution in [0.25, 0.3) is 0 Å². The van der Waals surface area contributed by atoms with Crippen LogP contribution in [0.5, 0.6) is 11.5 Å². The summed E-state index contributed by atoms with van der Waals surface area (Å²) in [6.45, 7) is -0.786. The fourth-order valence-electron chi connectivity index (χ4n) is 4.40. The molecule has 1 fully saturated rings. The standard InChI is InChI=1S/C25H32O14/c1-35-23(34)15-11-37-24(39-25-22(33)21(32)20(31)18(10-27)38-25)13(4-6-26)14(15)9-19(30)36-7-5-12-2-3-16(28)17(29)8-12/h2-3,6,8,11,13-14,18,20-22,24-25,27-29,31-33H,4-5,7,9-10H2,1H3/t13-,14+,18?,20-,21?,22+,24+,25+/m1/s1. The number of carbonyl (C=O) groups excluding carboxylic acids is 3. The van der Waals surface area contributed by atoms with Crippen LogP contribution in [0.15, 0.2) is 30.0 Å². The summed E-state index contributed by atoms with van der Waals surface area (Å²) < 4.78 is 26.6. The average molecular weight is 557 g/mol. The van der Waals surface area contributed by atoms with Gasteiger partial charge in [0.15, 0.2) is 17.8 Å². The number of rotatable bonds is 11. The van der Waals surface area contributed by atoms with Crippen LogP contribution in [-0.2, 0) is 44.5 Å². The fourth-order valence-corrected chi connectivity index (χ4v) is 4.40. The van der Waals surface area contributed by atoms with Gasteiger partial charge in [-0.15, -0.1) is 0 Å². The summed E-state index contributed by atoms with van der Waals surface area (Å²) in [6.07, 6.45) is -8.23. The highest BCUT2D eigenvalue weighted by Gasteiger charge is 2.48. The Labute approximate surface area is 222 Å². The van der Waals surface area contributed by atoms with Gasteiger partial charge in [0.1, 0.15) is 30.7 Å². The quantitative estimate of drug-likeness (QED) is 0.105. The van der Waals surface area contributed by atoms with Crippen LogP contribution in [0.2, 0.25) is 0 Å². The lowest BCUT2D eigenvalue weighted by molar-refractivity contribution is -0.341. The van der Waals surface area contributed by atoms with E-state index in [1.54, 1.807) is 6.07 Å². The Morgan fingerprint density at radius 3 is 2.44 bits per heavy atom. The number of phenolic OH excluding ortho intramolecular Hbond substituents is 2. The SMILES string of the molecule is COC(=O)C1=CO[C@@H](O[C@@H]2OC(CO)[C@@H](O)C(O)[C@@H]2O)[C@H](CC=O)[C@@H]1CC(=O)OCCc1ccc(O)c(O)c1. The maximum Gasteiger partial charge on any atom is 0.337 e. The summed E-state index contributed by atoms with van der Waals surface area (Å²) >= 11 is 0. The average Bonchev–Trinajstić information content (AvgIpc) is 2.92. The minimum Gasteiger partial charge on any atom is -0.504 e. The lowest BCUT2D eigenvalue weighted by Gasteiger charge is -2.43. The molecule has 0 saturated carbocycles. The molecule has 8 atom stereocenters. The van der Waals surface area contributed by atoms with E-state index in [1.165, 1.54) is 12.1 Å². The highest BCUT2D eigenvalue weighted by molar-refractivity contribution is 5.90. The Morgan fingerprint density at radius 2 is 1.79 bits per heavy atom. The van der Waals surface area contributed by atoms with Crippen LogP contribution >= 0.6 is 0 Å². The van der Waals surface area contributed by atoms with Crippen molar-refractivity contribution in [2.24, 2.45) is 11.8 Å². The number of hydrogen-bond acceptors (Lipinski definition) is 14. The van der Waals surface area contributed by atoms with E-state index in [2.05, 4.69) is 0 Å². The molecule has 216 valence electrons. The van der Waals surface area contributed by atoms with Crippen molar-refractivity contribution in [3.8, 4) is 11.5 Å². The zero-order chi connectivity index (χ0) is 28.7. The van der Waals surface area contributed by atoms with E-state index in [4.69, 9.17) is 23.7 Å². The summed E-state index contributed by atoms with van der Waals surface area (Å²) in [5.74, 6) is -4.14. The van der Waals surface area contributed by atoms with Crippen molar-refractivity contribution in [1.29, 1.82) is 0 Å². The molecule has 0 spiro atoms. The number of ether oxygens (including phenoxy) is 5. The van der Waals surface area contributed by atoms with Crippen LogP contribution < -0.4 is 0 Å². The molecule has 1 saturated heterocycles. The van der Waals surface area contributed by atoms with Crippen molar-refractivity contribution in [3.05, 3.63) is 35.6 Å². The predicted molar refractivity (Wildman–Crippen MR) is 127 cm³/mol. The summed E-state index contributed by atoms with van der Waals surface area (Å²) in [7, 11) is 1.12. The predicted octanol–water partition coefficient (Wildman–Crippen LogP) is -1.38. The first-order valence-corrected chi connectivity index (χ1v) is 12.1. The largest absolute Gasteiger partial charge is 0.504 e. The number of aliphatic hydroxyl groups is 4. The molecule has 0 radical (unpaired) electrons. The minimum atomic E-state index is -1.75. The molecular formula is C25H32O14. The second-order valence-corrected chi connectivity index (χ2v) is 9.07. The number of carbonyl (C=O) groups is 3. The number of methoxy groups -OCH3 is 1. The molecule has 2 unspecified atom stereocenters. The molecule has 0 aromatic heterocycles. The van der Waals surface area contributed by atoms with Crippen molar-refractivity contribution in [2.45, 2.75) is 56.3 Å². The van der Waals surface area contributed by atoms with Crippen LogP contribution in [-0.4, -0.2) is 106 Å². The summed E-state index contributed by atoms with van der Waals surface area (Å²) in [6, 6.07) is 4.16. The van der Waals surface area contributed by atoms with Gasteiger partial charge in [-0.2, -0.15) is 0 Å². The Bertz CT molecular complexity index is 1040. The lowest BCUT2D eigenvalue weighted by Crippen LogP contribution is -2.60. The summed E-state index contributed by atoms with van der Waals surface area (Å²) in [4.78, 5) is 36.7. The highest BCUT2D eigenvalue weighted by Crippen LogP contribution is 2.38. The monoisotopic (exact) mass is 556 g/mol. The molecule has 1 aromatic rings. The highest BCUT2D eigenvalue weighted by atomic mass is 16.8. The van der Waals surface area contributed by atoms with E-state index < -0.39 is 73.8 Å². The van der Waals surface area contributed by atoms with Crippen molar-refractivity contribution in [2.75, 3.05) is 20.3 Å². The van der Waals surface area contributed by atoms with Crippen molar-refractivity contribution >= 4 is 18.2 Å². The van der Waals surface area contributed by atoms with Gasteiger partial charge >= 0.3 is 11.9 Å². The second kappa shape index (κ2) is 13.7. The third-order valence-electron chi connectivity index (χ3n) is 6.58. The van der Waals surface area contributed by atoms with Crippen LogP contribution in [0.4, 0.5) is 0 Å². The van der Waals surface area contributed by atoms with Gasteiger partial charge in [-0.25, -0.2) is 4.79 Å². The fraction of sp³-hybridized carbons (Fsp3) is 0.560. The molecule has 14 nitrogen and oxygen atoms in total. The molecule has 0 bridgehead atoms.